The second-order valence-corrected chi connectivity index (χ2v) is 6.26. The molecule has 3 nitrogen and oxygen atoms in total. The molecule has 1 aliphatic carbocycles. The summed E-state index contributed by atoms with van der Waals surface area (Å²) < 4.78 is 0. The summed E-state index contributed by atoms with van der Waals surface area (Å²) in [4.78, 5) is 14.4. The lowest BCUT2D eigenvalue weighted by Gasteiger charge is -2.28. The molecule has 0 aromatic heterocycles. The van der Waals surface area contributed by atoms with Gasteiger partial charge in [0.2, 0.25) is 5.91 Å². The van der Waals surface area contributed by atoms with E-state index in [0.717, 1.165) is 25.7 Å². The average molecular weight is 274 g/mol. The van der Waals surface area contributed by atoms with Crippen LogP contribution in [0.4, 0.5) is 0 Å². The first kappa shape index (κ1) is 15.0. The highest BCUT2D eigenvalue weighted by molar-refractivity contribution is 5.79. The Morgan fingerprint density at radius 2 is 2.00 bits per heavy atom. The molecule has 1 aromatic rings. The van der Waals surface area contributed by atoms with Crippen LogP contribution in [0.1, 0.15) is 37.3 Å². The minimum absolute atomic E-state index is 0.135. The Morgan fingerprint density at radius 3 is 2.55 bits per heavy atom. The highest BCUT2D eigenvalue weighted by atomic mass is 16.2. The molecule has 110 valence electrons. The van der Waals surface area contributed by atoms with E-state index in [0.29, 0.717) is 0 Å². The van der Waals surface area contributed by atoms with E-state index in [9.17, 15) is 4.79 Å². The van der Waals surface area contributed by atoms with Crippen molar-refractivity contribution in [1.82, 2.24) is 4.90 Å². The van der Waals surface area contributed by atoms with Crippen molar-refractivity contribution in [2.45, 2.75) is 51.6 Å². The summed E-state index contributed by atoms with van der Waals surface area (Å²) in [5.41, 5.74) is 8.46. The molecule has 1 fully saturated rings. The van der Waals surface area contributed by atoms with Gasteiger partial charge in [-0.3, -0.25) is 4.79 Å². The first-order chi connectivity index (χ1) is 9.47. The van der Waals surface area contributed by atoms with Crippen LogP contribution in [0.25, 0.3) is 0 Å². The molecule has 1 aromatic carbocycles. The van der Waals surface area contributed by atoms with Crippen LogP contribution in [0.3, 0.4) is 0 Å². The molecule has 0 heterocycles. The van der Waals surface area contributed by atoms with Crippen molar-refractivity contribution in [3.8, 4) is 0 Å². The molecular formula is C17H26N2O. The molecular weight excluding hydrogens is 248 g/mol. The highest BCUT2D eigenvalue weighted by Crippen LogP contribution is 2.26. The van der Waals surface area contributed by atoms with E-state index in [4.69, 9.17) is 5.73 Å². The zero-order valence-corrected chi connectivity index (χ0v) is 12.8. The van der Waals surface area contributed by atoms with E-state index in [1.807, 2.05) is 11.9 Å². The van der Waals surface area contributed by atoms with E-state index < -0.39 is 0 Å². The summed E-state index contributed by atoms with van der Waals surface area (Å²) in [5, 5.41) is 0. The van der Waals surface area contributed by atoms with Crippen molar-refractivity contribution < 1.29 is 4.79 Å². The lowest BCUT2D eigenvalue weighted by molar-refractivity contribution is -0.135. The average Bonchev–Trinajstić information content (AvgIpc) is 2.86. The van der Waals surface area contributed by atoms with E-state index in [1.165, 1.54) is 11.1 Å². The van der Waals surface area contributed by atoms with Crippen molar-refractivity contribution in [3.63, 3.8) is 0 Å². The van der Waals surface area contributed by atoms with Crippen LogP contribution >= 0.6 is 0 Å². The minimum atomic E-state index is 0.135. The van der Waals surface area contributed by atoms with Crippen LogP contribution in [0.15, 0.2) is 24.3 Å². The third-order valence-electron chi connectivity index (χ3n) is 4.48. The van der Waals surface area contributed by atoms with Gasteiger partial charge < -0.3 is 10.6 Å². The Balaban J connectivity index is 1.92. The smallest absolute Gasteiger partial charge is 0.225 e. The van der Waals surface area contributed by atoms with Crippen LogP contribution in [0.5, 0.6) is 0 Å². The topological polar surface area (TPSA) is 46.3 Å². The Kier molecular flexibility index (Phi) is 4.81. The molecule has 3 unspecified atom stereocenters. The summed E-state index contributed by atoms with van der Waals surface area (Å²) in [6.07, 6.45) is 3.68. The van der Waals surface area contributed by atoms with Crippen molar-refractivity contribution >= 4 is 5.91 Å². The van der Waals surface area contributed by atoms with E-state index in [-0.39, 0.29) is 23.9 Å². The zero-order valence-electron chi connectivity index (χ0n) is 12.8. The number of nitrogens with zero attached hydrogens (tertiary/aromatic N) is 1. The fourth-order valence-corrected chi connectivity index (χ4v) is 2.95. The van der Waals surface area contributed by atoms with Gasteiger partial charge in [0, 0.05) is 25.0 Å². The molecule has 2 rings (SSSR count). The molecule has 2 N–H and O–H groups in total. The maximum atomic E-state index is 12.4. The molecule has 0 saturated heterocycles. The van der Waals surface area contributed by atoms with Crippen molar-refractivity contribution in [3.05, 3.63) is 35.4 Å². The molecule has 20 heavy (non-hydrogen) atoms. The number of carbonyl (C=O) groups is 1. The molecule has 0 bridgehead atoms. The van der Waals surface area contributed by atoms with Crippen molar-refractivity contribution in [2.24, 2.45) is 11.7 Å². The molecule has 3 atom stereocenters. The standard InChI is InChI=1S/C17H26N2O/c1-12-4-6-14(7-5-12)10-13(2)19(3)17(20)15-8-9-16(18)11-15/h4-7,13,15-16H,8-11,18H2,1-3H3. The number of hydrogen-bond donors (Lipinski definition) is 1. The van der Waals surface area contributed by atoms with Gasteiger partial charge in [-0.1, -0.05) is 29.8 Å². The second kappa shape index (κ2) is 6.40. The number of nitrogens with two attached hydrogens (primary N) is 1. The lowest BCUT2D eigenvalue weighted by atomic mass is 10.0. The molecule has 1 aliphatic rings. The fraction of sp³-hybridized carbons (Fsp3) is 0.588. The van der Waals surface area contributed by atoms with Crippen LogP contribution in [-0.4, -0.2) is 29.9 Å². The number of hydrogen-bond acceptors (Lipinski definition) is 2. The summed E-state index contributed by atoms with van der Waals surface area (Å²) in [6, 6.07) is 8.98. The Bertz CT molecular complexity index is 455. The normalized spacial score (nSPS) is 23.6. The van der Waals surface area contributed by atoms with Crippen molar-refractivity contribution in [1.29, 1.82) is 0 Å². The van der Waals surface area contributed by atoms with Crippen molar-refractivity contribution in [2.75, 3.05) is 7.05 Å². The minimum Gasteiger partial charge on any atom is -0.342 e. The summed E-state index contributed by atoms with van der Waals surface area (Å²) in [6.45, 7) is 4.21. The summed E-state index contributed by atoms with van der Waals surface area (Å²) in [5.74, 6) is 0.396. The SMILES string of the molecule is Cc1ccc(CC(C)N(C)C(=O)C2CCC(N)C2)cc1. The van der Waals surface area contributed by atoms with Crippen LogP contribution in [0, 0.1) is 12.8 Å². The monoisotopic (exact) mass is 274 g/mol. The van der Waals surface area contributed by atoms with Gasteiger partial charge in [0.15, 0.2) is 0 Å². The first-order valence-corrected chi connectivity index (χ1v) is 7.55. The van der Waals surface area contributed by atoms with E-state index >= 15 is 0 Å². The van der Waals surface area contributed by atoms with Gasteiger partial charge in [0.1, 0.15) is 0 Å². The maximum absolute atomic E-state index is 12.4. The molecule has 0 spiro atoms. The van der Waals surface area contributed by atoms with Gasteiger partial charge in [0.05, 0.1) is 0 Å². The van der Waals surface area contributed by atoms with Crippen LogP contribution in [-0.2, 0) is 11.2 Å². The second-order valence-electron chi connectivity index (χ2n) is 6.26. The third kappa shape index (κ3) is 3.60. The van der Waals surface area contributed by atoms with Gasteiger partial charge in [-0.05, 0) is 45.1 Å². The highest BCUT2D eigenvalue weighted by Gasteiger charge is 2.31. The zero-order chi connectivity index (χ0) is 14.7. The van der Waals surface area contributed by atoms with E-state index in [1.54, 1.807) is 0 Å². The number of likely N-dealkylation sites (N-methyl/N-ethyl adjacent to an activating group) is 1. The fourth-order valence-electron chi connectivity index (χ4n) is 2.95. The van der Waals surface area contributed by atoms with E-state index in [2.05, 4.69) is 38.1 Å². The molecule has 3 heteroatoms. The number of amides is 1. The first-order valence-electron chi connectivity index (χ1n) is 7.55. The molecule has 1 saturated carbocycles. The van der Waals surface area contributed by atoms with Gasteiger partial charge in [-0.2, -0.15) is 0 Å². The molecule has 1 amide bonds. The van der Waals surface area contributed by atoms with Gasteiger partial charge >= 0.3 is 0 Å². The molecule has 0 aliphatic heterocycles. The van der Waals surface area contributed by atoms with Crippen LogP contribution < -0.4 is 5.73 Å². The van der Waals surface area contributed by atoms with Gasteiger partial charge in [-0.15, -0.1) is 0 Å². The predicted octanol–water partition coefficient (Wildman–Crippen LogP) is 2.51. The molecule has 0 radical (unpaired) electrons. The third-order valence-corrected chi connectivity index (χ3v) is 4.48. The number of carbonyl (C=O) groups excluding carboxylic acids is 1. The maximum Gasteiger partial charge on any atom is 0.225 e. The van der Waals surface area contributed by atoms with Crippen LogP contribution in [0.2, 0.25) is 0 Å². The largest absolute Gasteiger partial charge is 0.342 e. The summed E-state index contributed by atoms with van der Waals surface area (Å²) >= 11 is 0. The van der Waals surface area contributed by atoms with Gasteiger partial charge in [-0.25, -0.2) is 0 Å². The Hall–Kier alpha value is -1.35. The number of benzene rings is 1. The Labute approximate surface area is 122 Å². The number of aryl methyl sites for hydroxylation is 1. The van der Waals surface area contributed by atoms with Gasteiger partial charge in [0.25, 0.3) is 0 Å². The predicted molar refractivity (Wildman–Crippen MR) is 82.4 cm³/mol. The number of rotatable bonds is 4. The lowest BCUT2D eigenvalue weighted by Crippen LogP contribution is -2.40. The summed E-state index contributed by atoms with van der Waals surface area (Å²) in [7, 11) is 1.92. The Morgan fingerprint density at radius 1 is 1.35 bits per heavy atom. The quantitative estimate of drug-likeness (QED) is 0.917.